The predicted octanol–water partition coefficient (Wildman–Crippen LogP) is 3.07. The molecule has 1 saturated heterocycles. The Morgan fingerprint density at radius 2 is 1.83 bits per heavy atom. The number of carbonyl (C=O) groups excluding carboxylic acids is 2. The molecule has 2 heterocycles. The lowest BCUT2D eigenvalue weighted by Gasteiger charge is -2.23. The first-order chi connectivity index (χ1) is 14.5. The molecule has 0 radical (unpaired) electrons. The van der Waals surface area contributed by atoms with Crippen LogP contribution in [0.1, 0.15) is 23.7 Å². The Balaban J connectivity index is 1.56. The fourth-order valence-electron chi connectivity index (χ4n) is 3.30. The minimum absolute atomic E-state index is 0.0972. The molecule has 0 bridgehead atoms. The molecule has 1 aliphatic rings. The number of anilines is 3. The number of esters is 1. The van der Waals surface area contributed by atoms with Crippen LogP contribution >= 0.6 is 0 Å². The van der Waals surface area contributed by atoms with Crippen LogP contribution in [0.5, 0.6) is 0 Å². The normalized spacial score (nSPS) is 14.1. The summed E-state index contributed by atoms with van der Waals surface area (Å²) in [4.78, 5) is 34.8. The van der Waals surface area contributed by atoms with Gasteiger partial charge in [0.1, 0.15) is 5.82 Å². The second kappa shape index (κ2) is 9.96. The molecule has 0 spiro atoms. The summed E-state index contributed by atoms with van der Waals surface area (Å²) in [6.07, 6.45) is 2.38. The predicted molar refractivity (Wildman–Crippen MR) is 118 cm³/mol. The molecule has 1 aliphatic heterocycles. The van der Waals surface area contributed by atoms with E-state index >= 15 is 0 Å². The Morgan fingerprint density at radius 1 is 1.07 bits per heavy atom. The molecular weight excluding hydrogens is 382 g/mol. The number of ether oxygens (including phenoxy) is 1. The zero-order valence-corrected chi connectivity index (χ0v) is 17.8. The molecule has 1 aromatic carbocycles. The number of urea groups is 1. The highest BCUT2D eigenvalue weighted by molar-refractivity contribution is 5.90. The van der Waals surface area contributed by atoms with Crippen molar-refractivity contribution in [1.82, 2.24) is 9.88 Å². The summed E-state index contributed by atoms with van der Waals surface area (Å²) in [6, 6.07) is 11.2. The summed E-state index contributed by atoms with van der Waals surface area (Å²) in [5.41, 5.74) is 2.31. The number of nitrogens with zero attached hydrogens (tertiary/aromatic N) is 4. The molecule has 2 aromatic rings. The fraction of sp³-hybridized carbons (Fsp3) is 0.409. The lowest BCUT2D eigenvalue weighted by atomic mass is 10.2. The van der Waals surface area contributed by atoms with Gasteiger partial charge in [0.25, 0.3) is 0 Å². The van der Waals surface area contributed by atoms with Gasteiger partial charge in [-0.2, -0.15) is 0 Å². The van der Waals surface area contributed by atoms with Crippen LogP contribution in [-0.4, -0.2) is 68.8 Å². The minimum atomic E-state index is -0.367. The van der Waals surface area contributed by atoms with Crippen LogP contribution in [0, 0.1) is 0 Å². The van der Waals surface area contributed by atoms with Gasteiger partial charge in [-0.25, -0.2) is 14.6 Å². The molecule has 1 fully saturated rings. The third-order valence-corrected chi connectivity index (χ3v) is 5.00. The lowest BCUT2D eigenvalue weighted by molar-refractivity contribution is 0.0526. The third-order valence-electron chi connectivity index (χ3n) is 5.00. The molecule has 0 aliphatic carbocycles. The summed E-state index contributed by atoms with van der Waals surface area (Å²) in [5, 5.41) is 2.97. The number of rotatable bonds is 5. The van der Waals surface area contributed by atoms with Crippen molar-refractivity contribution in [2.45, 2.75) is 13.3 Å². The molecule has 1 N–H and O–H groups in total. The highest BCUT2D eigenvalue weighted by Gasteiger charge is 2.20. The van der Waals surface area contributed by atoms with Gasteiger partial charge >= 0.3 is 12.0 Å². The molecule has 0 saturated carbocycles. The largest absolute Gasteiger partial charge is 0.462 e. The van der Waals surface area contributed by atoms with Gasteiger partial charge in [-0.1, -0.05) is 0 Å². The maximum Gasteiger partial charge on any atom is 0.339 e. The topological polar surface area (TPSA) is 78.0 Å². The maximum absolute atomic E-state index is 12.7. The first-order valence-corrected chi connectivity index (χ1v) is 10.2. The molecule has 0 unspecified atom stereocenters. The number of pyridine rings is 1. The van der Waals surface area contributed by atoms with Crippen molar-refractivity contribution >= 4 is 29.2 Å². The Kier molecular flexibility index (Phi) is 7.11. The van der Waals surface area contributed by atoms with Gasteiger partial charge in [0.2, 0.25) is 0 Å². The van der Waals surface area contributed by atoms with Crippen molar-refractivity contribution in [3.8, 4) is 0 Å². The molecule has 3 rings (SSSR count). The van der Waals surface area contributed by atoms with Gasteiger partial charge in [-0.05, 0) is 49.7 Å². The molecule has 2 amide bonds. The van der Waals surface area contributed by atoms with Gasteiger partial charge in [0.05, 0.1) is 12.2 Å². The van der Waals surface area contributed by atoms with Gasteiger partial charge in [0, 0.05) is 57.8 Å². The molecule has 8 heteroatoms. The van der Waals surface area contributed by atoms with E-state index in [1.807, 2.05) is 54.2 Å². The van der Waals surface area contributed by atoms with Crippen LogP contribution in [0.3, 0.4) is 0 Å². The summed E-state index contributed by atoms with van der Waals surface area (Å²) in [7, 11) is 3.96. The number of benzene rings is 1. The molecule has 160 valence electrons. The quantitative estimate of drug-likeness (QED) is 0.762. The maximum atomic E-state index is 12.7. The van der Waals surface area contributed by atoms with Crippen LogP contribution in [-0.2, 0) is 4.74 Å². The number of carbonyl (C=O) groups is 2. The van der Waals surface area contributed by atoms with Crippen molar-refractivity contribution in [2.24, 2.45) is 0 Å². The SMILES string of the molecule is CCOC(=O)c1ccc(N2CCCN(C(=O)Nc3ccc(N(C)C)cc3)CC2)nc1. The summed E-state index contributed by atoms with van der Waals surface area (Å²) >= 11 is 0. The van der Waals surface area contributed by atoms with Gasteiger partial charge in [-0.15, -0.1) is 0 Å². The van der Waals surface area contributed by atoms with E-state index in [0.29, 0.717) is 31.8 Å². The minimum Gasteiger partial charge on any atom is -0.462 e. The monoisotopic (exact) mass is 411 g/mol. The number of nitrogens with one attached hydrogen (secondary N) is 1. The number of hydrogen-bond donors (Lipinski definition) is 1. The average Bonchev–Trinajstić information content (AvgIpc) is 3.01. The summed E-state index contributed by atoms with van der Waals surface area (Å²) in [6.45, 7) is 4.87. The second-order valence-corrected chi connectivity index (χ2v) is 7.32. The van der Waals surface area contributed by atoms with Crippen molar-refractivity contribution in [1.29, 1.82) is 0 Å². The number of amides is 2. The first kappa shape index (κ1) is 21.4. The van der Waals surface area contributed by atoms with Gasteiger partial charge in [-0.3, -0.25) is 0 Å². The van der Waals surface area contributed by atoms with E-state index in [0.717, 1.165) is 30.2 Å². The number of hydrogen-bond acceptors (Lipinski definition) is 6. The van der Waals surface area contributed by atoms with Gasteiger partial charge < -0.3 is 24.8 Å². The van der Waals surface area contributed by atoms with Crippen LogP contribution in [0.2, 0.25) is 0 Å². The Bertz CT molecular complexity index is 852. The van der Waals surface area contributed by atoms with E-state index in [2.05, 4.69) is 15.2 Å². The average molecular weight is 412 g/mol. The molecule has 1 aromatic heterocycles. The summed E-state index contributed by atoms with van der Waals surface area (Å²) < 4.78 is 4.99. The third kappa shape index (κ3) is 5.40. The molecule has 30 heavy (non-hydrogen) atoms. The molecule has 8 nitrogen and oxygen atoms in total. The van der Waals surface area contributed by atoms with Crippen LogP contribution in [0.4, 0.5) is 22.0 Å². The van der Waals surface area contributed by atoms with Crippen LogP contribution in [0.25, 0.3) is 0 Å². The highest BCUT2D eigenvalue weighted by Crippen LogP contribution is 2.18. The smallest absolute Gasteiger partial charge is 0.339 e. The van der Waals surface area contributed by atoms with E-state index in [9.17, 15) is 9.59 Å². The Hall–Kier alpha value is -3.29. The van der Waals surface area contributed by atoms with Crippen molar-refractivity contribution in [2.75, 3.05) is 62.0 Å². The van der Waals surface area contributed by atoms with E-state index < -0.39 is 0 Å². The zero-order chi connectivity index (χ0) is 21.5. The second-order valence-electron chi connectivity index (χ2n) is 7.32. The van der Waals surface area contributed by atoms with E-state index in [1.165, 1.54) is 0 Å². The first-order valence-electron chi connectivity index (χ1n) is 10.2. The highest BCUT2D eigenvalue weighted by atomic mass is 16.5. The fourth-order valence-corrected chi connectivity index (χ4v) is 3.30. The Morgan fingerprint density at radius 3 is 2.47 bits per heavy atom. The van der Waals surface area contributed by atoms with Crippen molar-refractivity contribution in [3.05, 3.63) is 48.2 Å². The zero-order valence-electron chi connectivity index (χ0n) is 17.8. The molecular formula is C22H29N5O3. The summed E-state index contributed by atoms with van der Waals surface area (Å²) in [5.74, 6) is 0.429. The van der Waals surface area contributed by atoms with Crippen LogP contribution < -0.4 is 15.1 Å². The standard InChI is InChI=1S/C22H29N5O3/c1-4-30-21(28)17-6-11-20(23-16-17)26-12-5-13-27(15-14-26)22(29)24-18-7-9-19(10-8-18)25(2)3/h6-11,16H,4-5,12-15H2,1-3H3,(H,24,29). The van der Waals surface area contributed by atoms with Crippen molar-refractivity contribution < 1.29 is 14.3 Å². The van der Waals surface area contributed by atoms with Crippen molar-refractivity contribution in [3.63, 3.8) is 0 Å². The van der Waals surface area contributed by atoms with Gasteiger partial charge in [0.15, 0.2) is 0 Å². The number of aromatic nitrogens is 1. The Labute approximate surface area is 177 Å². The van der Waals surface area contributed by atoms with E-state index in [1.54, 1.807) is 19.2 Å². The van der Waals surface area contributed by atoms with Crippen LogP contribution in [0.15, 0.2) is 42.6 Å². The van der Waals surface area contributed by atoms with E-state index in [4.69, 9.17) is 4.74 Å². The van der Waals surface area contributed by atoms with E-state index in [-0.39, 0.29) is 12.0 Å². The lowest BCUT2D eigenvalue weighted by Crippen LogP contribution is -2.38. The molecule has 0 atom stereocenters.